The van der Waals surface area contributed by atoms with E-state index in [1.54, 1.807) is 43.3 Å². The van der Waals surface area contributed by atoms with Gasteiger partial charge in [0.2, 0.25) is 5.91 Å². The maximum atomic E-state index is 12.9. The van der Waals surface area contributed by atoms with Crippen molar-refractivity contribution >= 4 is 34.9 Å². The number of anilines is 1. The third-order valence-corrected chi connectivity index (χ3v) is 6.10. The van der Waals surface area contributed by atoms with Crippen molar-refractivity contribution in [2.24, 2.45) is 0 Å². The number of nitrogens with zero attached hydrogens (tertiary/aromatic N) is 2. The minimum Gasteiger partial charge on any atom is -0.325 e. The van der Waals surface area contributed by atoms with Crippen LogP contribution in [0.5, 0.6) is 0 Å². The molecule has 0 saturated carbocycles. The molecular formula is C22H20N4O4S. The summed E-state index contributed by atoms with van der Waals surface area (Å²) in [7, 11) is 0. The Bertz CT molecular complexity index is 1260. The van der Waals surface area contributed by atoms with Crippen LogP contribution in [0, 0.1) is 0 Å². The summed E-state index contributed by atoms with van der Waals surface area (Å²) in [5.41, 5.74) is 1.45. The molecule has 4 rings (SSSR count). The average molecular weight is 436 g/mol. The minimum absolute atomic E-state index is 0.209. The highest BCUT2D eigenvalue weighted by Gasteiger charge is 2.29. The predicted octanol–water partition coefficient (Wildman–Crippen LogP) is 2.88. The number of rotatable bonds is 6. The molecule has 0 unspecified atom stereocenters. The molecule has 1 heterocycles. The summed E-state index contributed by atoms with van der Waals surface area (Å²) in [6.45, 7) is 4.16. The Morgan fingerprint density at radius 1 is 1.06 bits per heavy atom. The summed E-state index contributed by atoms with van der Waals surface area (Å²) in [6.07, 6.45) is 0.762. The first-order valence-electron chi connectivity index (χ1n) is 9.86. The molecule has 1 atom stereocenters. The number of carbonyl (C=O) groups excluding carboxylic acids is 3. The molecule has 0 saturated heterocycles. The Morgan fingerprint density at radius 2 is 1.71 bits per heavy atom. The van der Waals surface area contributed by atoms with Crippen LogP contribution in [0.1, 0.15) is 52.1 Å². The van der Waals surface area contributed by atoms with Crippen LogP contribution in [-0.2, 0) is 11.3 Å². The average Bonchev–Trinajstić information content (AvgIpc) is 3.11. The number of hydrogen-bond donors (Lipinski definition) is 2. The highest BCUT2D eigenvalue weighted by Crippen LogP contribution is 2.29. The minimum atomic E-state index is -0.542. The predicted molar refractivity (Wildman–Crippen MR) is 117 cm³/mol. The van der Waals surface area contributed by atoms with E-state index in [-0.39, 0.29) is 28.7 Å². The van der Waals surface area contributed by atoms with Crippen molar-refractivity contribution in [2.75, 3.05) is 5.32 Å². The fourth-order valence-electron chi connectivity index (χ4n) is 3.45. The molecule has 1 amide bonds. The second-order valence-corrected chi connectivity index (χ2v) is 8.48. The number of carbonyl (C=O) groups is 3. The Balaban J connectivity index is 1.53. The highest BCUT2D eigenvalue weighted by atomic mass is 32.2. The van der Waals surface area contributed by atoms with Gasteiger partial charge in [0, 0.05) is 34.5 Å². The van der Waals surface area contributed by atoms with Crippen molar-refractivity contribution in [1.82, 2.24) is 14.8 Å². The Morgan fingerprint density at radius 3 is 2.39 bits per heavy atom. The van der Waals surface area contributed by atoms with Gasteiger partial charge in [0.1, 0.15) is 0 Å². The Labute approximate surface area is 182 Å². The van der Waals surface area contributed by atoms with Gasteiger partial charge >= 0.3 is 5.69 Å². The quantitative estimate of drug-likeness (QED) is 0.449. The van der Waals surface area contributed by atoms with Crippen LogP contribution >= 0.6 is 11.8 Å². The lowest BCUT2D eigenvalue weighted by atomic mass is 9.84. The second kappa shape index (κ2) is 8.35. The third kappa shape index (κ3) is 3.84. The number of aromatic amines is 1. The first kappa shape index (κ1) is 20.8. The molecule has 0 fully saturated rings. The van der Waals surface area contributed by atoms with Crippen LogP contribution < -0.4 is 11.0 Å². The molecular weight excluding hydrogens is 416 g/mol. The zero-order chi connectivity index (χ0) is 22.1. The number of thioether (sulfide) groups is 1. The fourth-order valence-corrected chi connectivity index (χ4v) is 4.33. The lowest BCUT2D eigenvalue weighted by Gasteiger charge is -2.18. The van der Waals surface area contributed by atoms with E-state index in [0.29, 0.717) is 34.1 Å². The monoisotopic (exact) mass is 436 g/mol. The molecule has 0 radical (unpaired) electrons. The van der Waals surface area contributed by atoms with Gasteiger partial charge in [-0.05, 0) is 31.5 Å². The van der Waals surface area contributed by atoms with Crippen LogP contribution in [0.4, 0.5) is 5.69 Å². The third-order valence-electron chi connectivity index (χ3n) is 5.01. The van der Waals surface area contributed by atoms with E-state index < -0.39 is 5.25 Å². The van der Waals surface area contributed by atoms with Gasteiger partial charge in [0.25, 0.3) is 0 Å². The molecule has 9 heteroatoms. The molecule has 0 aliphatic heterocycles. The van der Waals surface area contributed by atoms with Gasteiger partial charge in [-0.1, -0.05) is 43.0 Å². The van der Waals surface area contributed by atoms with Crippen LogP contribution in [0.15, 0.2) is 52.4 Å². The van der Waals surface area contributed by atoms with Crippen molar-refractivity contribution in [3.05, 3.63) is 75.2 Å². The fraction of sp³-hybridized carbons (Fsp3) is 0.227. The van der Waals surface area contributed by atoms with Gasteiger partial charge < -0.3 is 5.32 Å². The number of amides is 1. The largest absolute Gasteiger partial charge is 0.343 e. The number of ketones is 2. The van der Waals surface area contributed by atoms with E-state index in [1.165, 1.54) is 22.4 Å². The van der Waals surface area contributed by atoms with Crippen LogP contribution in [0.25, 0.3) is 0 Å². The van der Waals surface area contributed by atoms with E-state index in [1.807, 2.05) is 6.92 Å². The van der Waals surface area contributed by atoms with Crippen molar-refractivity contribution in [3.8, 4) is 0 Å². The molecule has 8 nitrogen and oxygen atoms in total. The van der Waals surface area contributed by atoms with Gasteiger partial charge in [-0.2, -0.15) is 0 Å². The summed E-state index contributed by atoms with van der Waals surface area (Å²) >= 11 is 1.17. The van der Waals surface area contributed by atoms with E-state index in [4.69, 9.17) is 0 Å². The molecule has 1 aliphatic rings. The van der Waals surface area contributed by atoms with E-state index in [2.05, 4.69) is 15.5 Å². The number of fused-ring (bicyclic) bond motifs is 2. The molecule has 2 N–H and O–H groups in total. The molecule has 0 spiro atoms. The number of hydrogen-bond acceptors (Lipinski definition) is 6. The van der Waals surface area contributed by atoms with E-state index >= 15 is 0 Å². The SMILES string of the molecule is CCCn1c(S[C@@H](C)C(=O)Nc2ccc3c(c2)C(=O)c2ccccc2C3=O)n[nH]c1=O. The van der Waals surface area contributed by atoms with Crippen LogP contribution in [-0.4, -0.2) is 37.5 Å². The molecule has 0 bridgehead atoms. The highest BCUT2D eigenvalue weighted by molar-refractivity contribution is 8.00. The first-order chi connectivity index (χ1) is 14.9. The molecule has 1 aromatic heterocycles. The van der Waals surface area contributed by atoms with Gasteiger partial charge in [0.05, 0.1) is 5.25 Å². The second-order valence-electron chi connectivity index (χ2n) is 7.18. The smallest absolute Gasteiger partial charge is 0.325 e. The van der Waals surface area contributed by atoms with Gasteiger partial charge in [-0.15, -0.1) is 5.10 Å². The van der Waals surface area contributed by atoms with Crippen LogP contribution in [0.2, 0.25) is 0 Å². The van der Waals surface area contributed by atoms with Gasteiger partial charge in [-0.3, -0.25) is 19.0 Å². The van der Waals surface area contributed by atoms with Crippen molar-refractivity contribution < 1.29 is 14.4 Å². The lowest BCUT2D eigenvalue weighted by molar-refractivity contribution is -0.115. The maximum absolute atomic E-state index is 12.9. The Hall–Kier alpha value is -3.46. The maximum Gasteiger partial charge on any atom is 0.343 e. The van der Waals surface area contributed by atoms with Crippen molar-refractivity contribution in [3.63, 3.8) is 0 Å². The van der Waals surface area contributed by atoms with Crippen LogP contribution in [0.3, 0.4) is 0 Å². The van der Waals surface area contributed by atoms with E-state index in [9.17, 15) is 19.2 Å². The number of nitrogens with one attached hydrogen (secondary N) is 2. The normalized spacial score (nSPS) is 13.5. The zero-order valence-electron chi connectivity index (χ0n) is 17.0. The number of H-pyrrole nitrogens is 1. The van der Waals surface area contributed by atoms with Crippen molar-refractivity contribution in [2.45, 2.75) is 37.2 Å². The first-order valence-corrected chi connectivity index (χ1v) is 10.7. The Kier molecular flexibility index (Phi) is 5.60. The van der Waals surface area contributed by atoms with E-state index in [0.717, 1.165) is 6.42 Å². The van der Waals surface area contributed by atoms with Gasteiger partial charge in [0.15, 0.2) is 16.7 Å². The molecule has 2 aromatic carbocycles. The summed E-state index contributed by atoms with van der Waals surface area (Å²) in [5, 5.41) is 9.07. The number of aromatic nitrogens is 3. The standard InChI is InChI=1S/C22H20N4O4S/c1-3-10-26-21(30)24-25-22(26)31-12(2)20(29)23-13-8-9-16-17(11-13)19(28)15-7-5-4-6-14(15)18(16)27/h4-9,11-12H,3,10H2,1-2H3,(H,23,29)(H,24,30)/t12-/m0/s1. The molecule has 158 valence electrons. The van der Waals surface area contributed by atoms with Gasteiger partial charge in [-0.25, -0.2) is 9.89 Å². The summed E-state index contributed by atoms with van der Waals surface area (Å²) in [5.74, 6) is -0.762. The molecule has 3 aromatic rings. The summed E-state index contributed by atoms with van der Waals surface area (Å²) < 4.78 is 1.50. The topological polar surface area (TPSA) is 114 Å². The molecule has 31 heavy (non-hydrogen) atoms. The molecule has 1 aliphatic carbocycles. The lowest BCUT2D eigenvalue weighted by Crippen LogP contribution is -2.25. The van der Waals surface area contributed by atoms with Crippen molar-refractivity contribution in [1.29, 1.82) is 0 Å². The summed E-state index contributed by atoms with van der Waals surface area (Å²) in [4.78, 5) is 50.1. The summed E-state index contributed by atoms with van der Waals surface area (Å²) in [6, 6.07) is 11.4. The zero-order valence-corrected chi connectivity index (χ0v) is 17.8. The number of benzene rings is 2.